The van der Waals surface area contributed by atoms with Gasteiger partial charge in [0.2, 0.25) is 0 Å². The standard InChI is InChI=1S/C9H19N.C2H6/c1-5-8-9(4)10(6-2)7-3;1-2/h4-8H2,1-3H3;1-2H3. The quantitative estimate of drug-likeness (QED) is 0.610. The molecule has 0 saturated heterocycles. The third-order valence-electron chi connectivity index (χ3n) is 1.75. The van der Waals surface area contributed by atoms with Crippen LogP contribution in [0, 0.1) is 0 Å². The second-order valence-corrected chi connectivity index (χ2v) is 2.49. The van der Waals surface area contributed by atoms with Crippen molar-refractivity contribution in [2.45, 2.75) is 47.5 Å². The Bertz CT molecular complexity index is 93.2. The van der Waals surface area contributed by atoms with E-state index >= 15 is 0 Å². The molecule has 1 nitrogen and oxygen atoms in total. The summed E-state index contributed by atoms with van der Waals surface area (Å²) in [7, 11) is 0. The molecular formula is C11H25N. The number of allylic oxidation sites excluding steroid dienone is 1. The van der Waals surface area contributed by atoms with Crippen molar-refractivity contribution in [1.29, 1.82) is 0 Å². The smallest absolute Gasteiger partial charge is 0.0146 e. The molecule has 1 heteroatoms. The second kappa shape index (κ2) is 10.5. The van der Waals surface area contributed by atoms with Crippen molar-refractivity contribution in [1.82, 2.24) is 4.90 Å². The minimum atomic E-state index is 1.09. The summed E-state index contributed by atoms with van der Waals surface area (Å²) in [6.45, 7) is 16.7. The van der Waals surface area contributed by atoms with E-state index in [1.165, 1.54) is 12.1 Å². The van der Waals surface area contributed by atoms with Gasteiger partial charge in [-0.25, -0.2) is 0 Å². The van der Waals surface area contributed by atoms with Crippen LogP contribution in [0.4, 0.5) is 0 Å². The Morgan fingerprint density at radius 2 is 1.50 bits per heavy atom. The normalized spacial score (nSPS) is 8.42. The molecule has 0 bridgehead atoms. The van der Waals surface area contributed by atoms with Gasteiger partial charge < -0.3 is 4.90 Å². The average molecular weight is 171 g/mol. The van der Waals surface area contributed by atoms with Gasteiger partial charge in [0.1, 0.15) is 0 Å². The number of rotatable bonds is 5. The van der Waals surface area contributed by atoms with E-state index in [2.05, 4.69) is 32.3 Å². The van der Waals surface area contributed by atoms with Crippen molar-refractivity contribution in [3.63, 3.8) is 0 Å². The summed E-state index contributed by atoms with van der Waals surface area (Å²) in [5, 5.41) is 0. The zero-order chi connectivity index (χ0) is 9.98. The van der Waals surface area contributed by atoms with Crippen LogP contribution < -0.4 is 0 Å². The zero-order valence-electron chi connectivity index (χ0n) is 9.48. The molecule has 0 atom stereocenters. The van der Waals surface area contributed by atoms with Crippen molar-refractivity contribution in [2.75, 3.05) is 13.1 Å². The predicted octanol–water partition coefficient (Wildman–Crippen LogP) is 3.67. The van der Waals surface area contributed by atoms with Gasteiger partial charge in [-0.2, -0.15) is 0 Å². The minimum absolute atomic E-state index is 1.09. The van der Waals surface area contributed by atoms with Crippen LogP contribution in [-0.4, -0.2) is 18.0 Å². The summed E-state index contributed by atoms with van der Waals surface area (Å²) in [4.78, 5) is 2.31. The zero-order valence-corrected chi connectivity index (χ0v) is 9.48. The Hall–Kier alpha value is -0.460. The first-order chi connectivity index (χ1) is 5.76. The van der Waals surface area contributed by atoms with E-state index in [4.69, 9.17) is 0 Å². The molecule has 0 spiro atoms. The molecule has 0 N–H and O–H groups in total. The molecule has 0 aromatic rings. The van der Waals surface area contributed by atoms with Crippen LogP contribution in [0.2, 0.25) is 0 Å². The fraction of sp³-hybridized carbons (Fsp3) is 0.818. The second-order valence-electron chi connectivity index (χ2n) is 2.49. The highest BCUT2D eigenvalue weighted by molar-refractivity contribution is 4.92. The lowest BCUT2D eigenvalue weighted by Gasteiger charge is -2.22. The monoisotopic (exact) mass is 171 g/mol. The van der Waals surface area contributed by atoms with Crippen molar-refractivity contribution < 1.29 is 0 Å². The highest BCUT2D eigenvalue weighted by atomic mass is 15.1. The maximum Gasteiger partial charge on any atom is 0.0146 e. The molecule has 0 heterocycles. The van der Waals surface area contributed by atoms with Gasteiger partial charge in [0.05, 0.1) is 0 Å². The molecule has 0 amide bonds. The van der Waals surface area contributed by atoms with Crippen LogP contribution in [-0.2, 0) is 0 Å². The average Bonchev–Trinajstić information content (AvgIpc) is 2.11. The van der Waals surface area contributed by atoms with E-state index in [-0.39, 0.29) is 0 Å². The summed E-state index contributed by atoms with van der Waals surface area (Å²) in [5.74, 6) is 0. The van der Waals surface area contributed by atoms with E-state index in [0.717, 1.165) is 19.5 Å². The van der Waals surface area contributed by atoms with Gasteiger partial charge in [0, 0.05) is 18.8 Å². The summed E-state index contributed by atoms with van der Waals surface area (Å²) in [6.07, 6.45) is 2.34. The number of hydrogen-bond donors (Lipinski definition) is 0. The van der Waals surface area contributed by atoms with E-state index in [0.29, 0.717) is 0 Å². The first-order valence-corrected chi connectivity index (χ1v) is 5.18. The van der Waals surface area contributed by atoms with Gasteiger partial charge in [0.25, 0.3) is 0 Å². The van der Waals surface area contributed by atoms with Crippen LogP contribution in [0.3, 0.4) is 0 Å². The summed E-state index contributed by atoms with van der Waals surface area (Å²) < 4.78 is 0. The molecular weight excluding hydrogens is 146 g/mol. The first kappa shape index (κ1) is 14.1. The highest BCUT2D eigenvalue weighted by Crippen LogP contribution is 2.07. The summed E-state index contributed by atoms with van der Waals surface area (Å²) in [5.41, 5.74) is 1.28. The highest BCUT2D eigenvalue weighted by Gasteiger charge is 1.99. The molecule has 0 aromatic carbocycles. The Labute approximate surface area is 78.5 Å². The molecule has 12 heavy (non-hydrogen) atoms. The van der Waals surface area contributed by atoms with Crippen LogP contribution in [0.15, 0.2) is 12.3 Å². The lowest BCUT2D eigenvalue weighted by atomic mass is 10.2. The van der Waals surface area contributed by atoms with E-state index in [1.54, 1.807) is 0 Å². The first-order valence-electron chi connectivity index (χ1n) is 5.18. The van der Waals surface area contributed by atoms with Crippen LogP contribution >= 0.6 is 0 Å². The Balaban J connectivity index is 0. The Morgan fingerprint density at radius 1 is 1.08 bits per heavy atom. The van der Waals surface area contributed by atoms with Crippen molar-refractivity contribution >= 4 is 0 Å². The molecule has 0 rings (SSSR count). The van der Waals surface area contributed by atoms with Crippen molar-refractivity contribution in [3.05, 3.63) is 12.3 Å². The molecule has 0 aromatic heterocycles. The van der Waals surface area contributed by atoms with Crippen LogP contribution in [0.5, 0.6) is 0 Å². The Kier molecular flexibility index (Phi) is 12.4. The van der Waals surface area contributed by atoms with Gasteiger partial charge >= 0.3 is 0 Å². The lowest BCUT2D eigenvalue weighted by Crippen LogP contribution is -2.21. The SMILES string of the molecule is C=C(CCC)N(CC)CC.CC. The van der Waals surface area contributed by atoms with Crippen molar-refractivity contribution in [2.24, 2.45) is 0 Å². The molecule has 74 valence electrons. The van der Waals surface area contributed by atoms with Crippen LogP contribution in [0.1, 0.15) is 47.5 Å². The topological polar surface area (TPSA) is 3.24 Å². The van der Waals surface area contributed by atoms with Crippen molar-refractivity contribution in [3.8, 4) is 0 Å². The third kappa shape index (κ3) is 6.26. The fourth-order valence-electron chi connectivity index (χ4n) is 1.12. The molecule has 0 aliphatic heterocycles. The number of nitrogens with zero attached hydrogens (tertiary/aromatic N) is 1. The molecule has 0 unspecified atom stereocenters. The van der Waals surface area contributed by atoms with Gasteiger partial charge in [-0.05, 0) is 20.3 Å². The maximum absolute atomic E-state index is 4.01. The van der Waals surface area contributed by atoms with E-state index in [1.807, 2.05) is 13.8 Å². The molecule has 0 aliphatic carbocycles. The minimum Gasteiger partial charge on any atom is -0.376 e. The maximum atomic E-state index is 4.01. The summed E-state index contributed by atoms with van der Waals surface area (Å²) in [6, 6.07) is 0. The molecule has 0 radical (unpaired) electrons. The molecule has 0 saturated carbocycles. The molecule has 0 aliphatic rings. The fourth-order valence-corrected chi connectivity index (χ4v) is 1.12. The lowest BCUT2D eigenvalue weighted by molar-refractivity contribution is 0.369. The number of hydrogen-bond acceptors (Lipinski definition) is 1. The van der Waals surface area contributed by atoms with Gasteiger partial charge in [0.15, 0.2) is 0 Å². The van der Waals surface area contributed by atoms with Gasteiger partial charge in [-0.3, -0.25) is 0 Å². The third-order valence-corrected chi connectivity index (χ3v) is 1.75. The summed E-state index contributed by atoms with van der Waals surface area (Å²) >= 11 is 0. The van der Waals surface area contributed by atoms with E-state index in [9.17, 15) is 0 Å². The predicted molar refractivity (Wildman–Crippen MR) is 58.3 cm³/mol. The Morgan fingerprint density at radius 3 is 1.75 bits per heavy atom. The van der Waals surface area contributed by atoms with Gasteiger partial charge in [-0.15, -0.1) is 0 Å². The van der Waals surface area contributed by atoms with Gasteiger partial charge in [-0.1, -0.05) is 33.8 Å². The molecule has 0 fully saturated rings. The largest absolute Gasteiger partial charge is 0.376 e. The van der Waals surface area contributed by atoms with E-state index < -0.39 is 0 Å². The van der Waals surface area contributed by atoms with Crippen LogP contribution in [0.25, 0.3) is 0 Å².